The quantitative estimate of drug-likeness (QED) is 0.859. The Morgan fingerprint density at radius 2 is 2.00 bits per heavy atom. The highest BCUT2D eigenvalue weighted by Crippen LogP contribution is 2.26. The summed E-state index contributed by atoms with van der Waals surface area (Å²) in [7, 11) is 1.73. The van der Waals surface area contributed by atoms with Crippen molar-refractivity contribution in [1.82, 2.24) is 15.1 Å². The lowest BCUT2D eigenvalue weighted by Gasteiger charge is -2.38. The summed E-state index contributed by atoms with van der Waals surface area (Å²) in [4.78, 5) is 14.5. The molecule has 0 spiro atoms. The first-order valence-corrected chi connectivity index (χ1v) is 8.75. The molecule has 25 heavy (non-hydrogen) atoms. The molecule has 1 aromatic heterocycles. The van der Waals surface area contributed by atoms with Gasteiger partial charge in [-0.3, -0.25) is 4.79 Å². The van der Waals surface area contributed by atoms with Crippen LogP contribution in [0.2, 0.25) is 0 Å². The van der Waals surface area contributed by atoms with Crippen LogP contribution < -0.4 is 0 Å². The minimum atomic E-state index is -0.0658. The van der Waals surface area contributed by atoms with Gasteiger partial charge < -0.3 is 9.64 Å². The van der Waals surface area contributed by atoms with Gasteiger partial charge >= 0.3 is 0 Å². The summed E-state index contributed by atoms with van der Waals surface area (Å²) in [5, 5.41) is 8.01. The van der Waals surface area contributed by atoms with Crippen LogP contribution in [0.4, 0.5) is 0 Å². The first kappa shape index (κ1) is 17.5. The van der Waals surface area contributed by atoms with E-state index in [0.717, 1.165) is 25.1 Å². The van der Waals surface area contributed by atoms with Crippen molar-refractivity contribution in [3.8, 4) is 0 Å². The Bertz CT molecular complexity index is 730. The summed E-state index contributed by atoms with van der Waals surface area (Å²) in [6, 6.07) is 12.0. The molecule has 0 unspecified atom stereocenters. The number of nitrogens with zero attached hydrogens (tertiary/aromatic N) is 3. The van der Waals surface area contributed by atoms with E-state index in [1.54, 1.807) is 13.2 Å². The zero-order valence-corrected chi connectivity index (χ0v) is 15.1. The molecule has 1 aromatic carbocycles. The molecule has 0 N–H and O–H groups in total. The number of carbonyl (C=O) groups excluding carboxylic acids is 1. The lowest BCUT2D eigenvalue weighted by molar-refractivity contribution is -0.00723. The number of amides is 1. The predicted octanol–water partition coefficient (Wildman–Crippen LogP) is 2.81. The van der Waals surface area contributed by atoms with Gasteiger partial charge in [0.15, 0.2) is 5.69 Å². The molecule has 3 rings (SSSR count). The van der Waals surface area contributed by atoms with E-state index in [9.17, 15) is 4.79 Å². The Morgan fingerprint density at radius 1 is 1.20 bits per heavy atom. The van der Waals surface area contributed by atoms with Crippen LogP contribution in [-0.2, 0) is 11.2 Å². The standard InChI is InChI=1S/C20H25N3O2/c1-14-6-4-5-7-16(14)12-17-10-11-23(13-19(17)25-3)20(24)18-9-8-15(2)21-22-18/h4-9,17,19H,10-13H2,1-3H3/t17-,19+/m1/s1. The zero-order chi connectivity index (χ0) is 17.8. The molecule has 132 valence electrons. The maximum atomic E-state index is 12.7. The lowest BCUT2D eigenvalue weighted by Crippen LogP contribution is -2.48. The van der Waals surface area contributed by atoms with Gasteiger partial charge in [-0.15, -0.1) is 5.10 Å². The molecule has 2 atom stereocenters. The molecule has 1 aliphatic rings. The first-order chi connectivity index (χ1) is 12.1. The summed E-state index contributed by atoms with van der Waals surface area (Å²) in [6.45, 7) is 5.33. The highest BCUT2D eigenvalue weighted by atomic mass is 16.5. The molecule has 1 saturated heterocycles. The average Bonchev–Trinajstić information content (AvgIpc) is 2.64. The average molecular weight is 339 g/mol. The number of piperidine rings is 1. The Balaban J connectivity index is 1.68. The van der Waals surface area contributed by atoms with E-state index in [-0.39, 0.29) is 12.0 Å². The third-order valence-corrected chi connectivity index (χ3v) is 5.05. The monoisotopic (exact) mass is 339 g/mol. The van der Waals surface area contributed by atoms with Crippen LogP contribution >= 0.6 is 0 Å². The van der Waals surface area contributed by atoms with Gasteiger partial charge in [-0.05, 0) is 55.9 Å². The number of carbonyl (C=O) groups is 1. The largest absolute Gasteiger partial charge is 0.379 e. The van der Waals surface area contributed by atoms with Crippen molar-refractivity contribution >= 4 is 5.91 Å². The van der Waals surface area contributed by atoms with Gasteiger partial charge in [0.1, 0.15) is 0 Å². The number of aromatic nitrogens is 2. The molecule has 2 heterocycles. The molecule has 0 bridgehead atoms. The number of aryl methyl sites for hydroxylation is 2. The van der Waals surface area contributed by atoms with Crippen molar-refractivity contribution in [2.24, 2.45) is 5.92 Å². The van der Waals surface area contributed by atoms with E-state index >= 15 is 0 Å². The molecule has 1 aliphatic heterocycles. The summed E-state index contributed by atoms with van der Waals surface area (Å²) < 4.78 is 5.72. The SMILES string of the molecule is CO[C@H]1CN(C(=O)c2ccc(C)nn2)CC[C@@H]1Cc1ccccc1C. The summed E-state index contributed by atoms with van der Waals surface area (Å²) >= 11 is 0. The second kappa shape index (κ2) is 7.74. The van der Waals surface area contributed by atoms with Gasteiger partial charge in [0.25, 0.3) is 5.91 Å². The van der Waals surface area contributed by atoms with Gasteiger partial charge in [0.05, 0.1) is 11.8 Å². The normalized spacial score (nSPS) is 20.5. The predicted molar refractivity (Wildman–Crippen MR) is 96.5 cm³/mol. The van der Waals surface area contributed by atoms with E-state index in [1.165, 1.54) is 11.1 Å². The second-order valence-corrected chi connectivity index (χ2v) is 6.76. The fourth-order valence-electron chi connectivity index (χ4n) is 3.45. The van der Waals surface area contributed by atoms with Gasteiger partial charge in [-0.1, -0.05) is 24.3 Å². The third kappa shape index (κ3) is 4.04. The van der Waals surface area contributed by atoms with E-state index in [4.69, 9.17) is 4.74 Å². The third-order valence-electron chi connectivity index (χ3n) is 5.05. The Kier molecular flexibility index (Phi) is 5.43. The summed E-state index contributed by atoms with van der Waals surface area (Å²) in [5.74, 6) is 0.350. The number of rotatable bonds is 4. The molecular formula is C20H25N3O2. The number of benzene rings is 1. The van der Waals surface area contributed by atoms with E-state index in [2.05, 4.69) is 41.4 Å². The fourth-order valence-corrected chi connectivity index (χ4v) is 3.45. The number of hydrogen-bond donors (Lipinski definition) is 0. The van der Waals surface area contributed by atoms with Crippen LogP contribution in [-0.4, -0.2) is 47.3 Å². The molecule has 0 aliphatic carbocycles. The van der Waals surface area contributed by atoms with Gasteiger partial charge in [0, 0.05) is 20.2 Å². The van der Waals surface area contributed by atoms with Crippen LogP contribution in [0.5, 0.6) is 0 Å². The minimum absolute atomic E-state index is 0.0377. The summed E-state index contributed by atoms with van der Waals surface area (Å²) in [6.07, 6.45) is 1.95. The lowest BCUT2D eigenvalue weighted by atomic mass is 9.86. The molecule has 5 nitrogen and oxygen atoms in total. The van der Waals surface area contributed by atoms with Crippen LogP contribution in [0.1, 0.15) is 33.7 Å². The van der Waals surface area contributed by atoms with Crippen LogP contribution in [0.15, 0.2) is 36.4 Å². The molecule has 0 saturated carbocycles. The molecule has 2 aromatic rings. The van der Waals surface area contributed by atoms with Crippen LogP contribution in [0.25, 0.3) is 0 Å². The molecule has 1 fully saturated rings. The molecule has 0 radical (unpaired) electrons. The van der Waals surface area contributed by atoms with Crippen molar-refractivity contribution in [3.05, 3.63) is 58.9 Å². The van der Waals surface area contributed by atoms with Gasteiger partial charge in [0.2, 0.25) is 0 Å². The smallest absolute Gasteiger partial charge is 0.274 e. The topological polar surface area (TPSA) is 55.3 Å². The van der Waals surface area contributed by atoms with Crippen molar-refractivity contribution in [2.45, 2.75) is 32.8 Å². The zero-order valence-electron chi connectivity index (χ0n) is 15.1. The van der Waals surface area contributed by atoms with E-state index in [0.29, 0.717) is 18.2 Å². The van der Waals surface area contributed by atoms with Gasteiger partial charge in [-0.25, -0.2) is 0 Å². The maximum Gasteiger partial charge on any atom is 0.274 e. The van der Waals surface area contributed by atoms with Crippen molar-refractivity contribution in [2.75, 3.05) is 20.2 Å². The van der Waals surface area contributed by atoms with Crippen LogP contribution in [0, 0.1) is 19.8 Å². The Labute approximate surface area is 149 Å². The molecular weight excluding hydrogens is 314 g/mol. The van der Waals surface area contributed by atoms with Crippen molar-refractivity contribution < 1.29 is 9.53 Å². The number of likely N-dealkylation sites (tertiary alicyclic amines) is 1. The highest BCUT2D eigenvalue weighted by Gasteiger charge is 2.32. The molecule has 1 amide bonds. The maximum absolute atomic E-state index is 12.7. The minimum Gasteiger partial charge on any atom is -0.379 e. The van der Waals surface area contributed by atoms with Crippen molar-refractivity contribution in [1.29, 1.82) is 0 Å². The van der Waals surface area contributed by atoms with Crippen molar-refractivity contribution in [3.63, 3.8) is 0 Å². The fraction of sp³-hybridized carbons (Fsp3) is 0.450. The number of ether oxygens (including phenoxy) is 1. The number of methoxy groups -OCH3 is 1. The Morgan fingerprint density at radius 3 is 2.68 bits per heavy atom. The summed E-state index contributed by atoms with van der Waals surface area (Å²) in [5.41, 5.74) is 3.88. The number of hydrogen-bond acceptors (Lipinski definition) is 4. The Hall–Kier alpha value is -2.27. The molecule has 5 heteroatoms. The first-order valence-electron chi connectivity index (χ1n) is 8.75. The highest BCUT2D eigenvalue weighted by molar-refractivity contribution is 5.92. The second-order valence-electron chi connectivity index (χ2n) is 6.76. The van der Waals surface area contributed by atoms with E-state index in [1.807, 2.05) is 17.9 Å². The van der Waals surface area contributed by atoms with Gasteiger partial charge in [-0.2, -0.15) is 5.10 Å². The van der Waals surface area contributed by atoms with Crippen LogP contribution in [0.3, 0.4) is 0 Å². The van der Waals surface area contributed by atoms with E-state index < -0.39 is 0 Å².